The van der Waals surface area contributed by atoms with Gasteiger partial charge in [0.1, 0.15) is 11.6 Å². The molecule has 0 atom stereocenters. The zero-order valence-electron chi connectivity index (χ0n) is 13.4. The lowest BCUT2D eigenvalue weighted by Gasteiger charge is -2.20. The first-order chi connectivity index (χ1) is 11.5. The summed E-state index contributed by atoms with van der Waals surface area (Å²) in [5.74, 6) is 1.25. The molecule has 0 spiro atoms. The Balaban J connectivity index is 1.69. The number of rotatable bonds is 4. The van der Waals surface area contributed by atoms with Crippen molar-refractivity contribution < 1.29 is 9.18 Å². The number of amides is 1. The Morgan fingerprint density at radius 2 is 2.17 bits per heavy atom. The largest absolute Gasteiger partial charge is 0.349 e. The van der Waals surface area contributed by atoms with Gasteiger partial charge in [0.15, 0.2) is 5.82 Å². The van der Waals surface area contributed by atoms with Gasteiger partial charge >= 0.3 is 0 Å². The van der Waals surface area contributed by atoms with Crippen molar-refractivity contribution in [2.24, 2.45) is 0 Å². The van der Waals surface area contributed by atoms with Gasteiger partial charge < -0.3 is 9.88 Å². The quantitative estimate of drug-likeness (QED) is 0.911. The van der Waals surface area contributed by atoms with E-state index in [9.17, 15) is 9.18 Å². The van der Waals surface area contributed by atoms with E-state index in [1.54, 1.807) is 12.1 Å². The second-order valence-corrected chi connectivity index (χ2v) is 6.23. The number of nitrogens with one attached hydrogen (secondary N) is 1. The van der Waals surface area contributed by atoms with E-state index in [0.717, 1.165) is 31.2 Å². The predicted molar refractivity (Wildman–Crippen MR) is 87.9 cm³/mol. The smallest absolute Gasteiger partial charge is 0.217 e. The van der Waals surface area contributed by atoms with Crippen LogP contribution in [0.15, 0.2) is 18.2 Å². The maximum absolute atomic E-state index is 14.0. The molecule has 0 fully saturated rings. The second-order valence-electron chi connectivity index (χ2n) is 5.82. The van der Waals surface area contributed by atoms with Gasteiger partial charge in [-0.25, -0.2) is 4.39 Å². The minimum atomic E-state index is -0.280. The Labute approximate surface area is 144 Å². The van der Waals surface area contributed by atoms with Crippen molar-refractivity contribution in [3.63, 3.8) is 0 Å². The van der Waals surface area contributed by atoms with E-state index in [-0.39, 0.29) is 11.7 Å². The molecule has 3 rings (SSSR count). The normalized spacial score (nSPS) is 15.0. The number of fused-ring (bicyclic) bond motifs is 1. The van der Waals surface area contributed by atoms with Gasteiger partial charge in [0.25, 0.3) is 0 Å². The number of hydrogen-bond donors (Lipinski definition) is 1. The summed E-state index contributed by atoms with van der Waals surface area (Å²) in [5, 5.41) is 11.5. The standard InChI is InChI=1S/C16H19ClFN5O/c1-11(24)19-9-16-21-20-15-5-6-22(7-8-23(15)16)10-12-13(17)3-2-4-14(12)18/h2-4H,5-10H2,1H3,(H,19,24). The molecule has 1 aliphatic rings. The average molecular weight is 352 g/mol. The summed E-state index contributed by atoms with van der Waals surface area (Å²) in [6.45, 7) is 4.49. The van der Waals surface area contributed by atoms with Crippen LogP contribution in [-0.2, 0) is 30.8 Å². The minimum absolute atomic E-state index is 0.100. The van der Waals surface area contributed by atoms with E-state index in [1.807, 2.05) is 4.57 Å². The van der Waals surface area contributed by atoms with Crippen LogP contribution in [-0.4, -0.2) is 38.7 Å². The number of aromatic nitrogens is 3. The maximum atomic E-state index is 14.0. The van der Waals surface area contributed by atoms with Crippen molar-refractivity contribution >= 4 is 17.5 Å². The molecule has 0 saturated carbocycles. The third-order valence-corrected chi connectivity index (χ3v) is 4.49. The van der Waals surface area contributed by atoms with Gasteiger partial charge in [-0.1, -0.05) is 17.7 Å². The average Bonchev–Trinajstić information content (AvgIpc) is 2.82. The van der Waals surface area contributed by atoms with Crippen LogP contribution in [0.4, 0.5) is 4.39 Å². The number of halogens is 2. The van der Waals surface area contributed by atoms with Crippen LogP contribution in [0.25, 0.3) is 0 Å². The summed E-state index contributed by atoms with van der Waals surface area (Å²) >= 11 is 6.12. The van der Waals surface area contributed by atoms with Gasteiger partial charge in [-0.2, -0.15) is 0 Å². The van der Waals surface area contributed by atoms with Crippen molar-refractivity contribution in [2.45, 2.75) is 33.0 Å². The third kappa shape index (κ3) is 3.73. The molecule has 1 aliphatic heterocycles. The molecular weight excluding hydrogens is 333 g/mol. The molecule has 128 valence electrons. The Bertz CT molecular complexity index is 728. The molecule has 0 aliphatic carbocycles. The Kier molecular flexibility index (Phi) is 5.11. The summed E-state index contributed by atoms with van der Waals surface area (Å²) in [6.07, 6.45) is 0.721. The second kappa shape index (κ2) is 7.27. The first-order valence-electron chi connectivity index (χ1n) is 7.85. The molecule has 1 aromatic heterocycles. The van der Waals surface area contributed by atoms with Gasteiger partial charge in [-0.3, -0.25) is 9.69 Å². The molecule has 24 heavy (non-hydrogen) atoms. The van der Waals surface area contributed by atoms with E-state index < -0.39 is 0 Å². The molecule has 2 aromatic rings. The molecular formula is C16H19ClFN5O. The lowest BCUT2D eigenvalue weighted by molar-refractivity contribution is -0.119. The molecule has 1 N–H and O–H groups in total. The SMILES string of the molecule is CC(=O)NCc1nnc2n1CCN(Cc1c(F)cccc1Cl)CC2. The fourth-order valence-corrected chi connectivity index (χ4v) is 3.05. The molecule has 0 unspecified atom stereocenters. The van der Waals surface area contributed by atoms with Crippen LogP contribution < -0.4 is 5.32 Å². The molecule has 0 bridgehead atoms. The van der Waals surface area contributed by atoms with E-state index >= 15 is 0 Å². The van der Waals surface area contributed by atoms with Gasteiger partial charge in [0.2, 0.25) is 5.91 Å². The van der Waals surface area contributed by atoms with Crippen LogP contribution in [0.5, 0.6) is 0 Å². The lowest BCUT2D eigenvalue weighted by Crippen LogP contribution is -2.28. The van der Waals surface area contributed by atoms with Crippen molar-refractivity contribution in [3.05, 3.63) is 46.3 Å². The van der Waals surface area contributed by atoms with E-state index in [4.69, 9.17) is 11.6 Å². The van der Waals surface area contributed by atoms with Crippen molar-refractivity contribution in [1.82, 2.24) is 25.0 Å². The van der Waals surface area contributed by atoms with Crippen LogP contribution in [0.2, 0.25) is 5.02 Å². The minimum Gasteiger partial charge on any atom is -0.349 e. The van der Waals surface area contributed by atoms with Crippen molar-refractivity contribution in [1.29, 1.82) is 0 Å². The summed E-state index contributed by atoms with van der Waals surface area (Å²) < 4.78 is 16.0. The Hall–Kier alpha value is -1.99. The highest BCUT2D eigenvalue weighted by atomic mass is 35.5. The number of carbonyl (C=O) groups is 1. The molecule has 8 heteroatoms. The summed E-state index contributed by atoms with van der Waals surface area (Å²) in [5.41, 5.74) is 0.523. The topological polar surface area (TPSA) is 63.1 Å². The van der Waals surface area contributed by atoms with Gasteiger partial charge in [0.05, 0.1) is 6.54 Å². The third-order valence-electron chi connectivity index (χ3n) is 4.13. The number of carbonyl (C=O) groups excluding carboxylic acids is 1. The van der Waals surface area contributed by atoms with E-state index in [0.29, 0.717) is 30.2 Å². The maximum Gasteiger partial charge on any atom is 0.217 e. The Morgan fingerprint density at radius 1 is 1.33 bits per heavy atom. The van der Waals surface area contributed by atoms with Crippen LogP contribution in [0, 0.1) is 5.82 Å². The molecule has 1 amide bonds. The molecule has 2 heterocycles. The summed E-state index contributed by atoms with van der Waals surface area (Å²) in [7, 11) is 0. The van der Waals surface area contributed by atoms with Crippen molar-refractivity contribution in [2.75, 3.05) is 13.1 Å². The molecule has 0 saturated heterocycles. The van der Waals surface area contributed by atoms with E-state index in [1.165, 1.54) is 13.0 Å². The zero-order valence-corrected chi connectivity index (χ0v) is 14.2. The predicted octanol–water partition coefficient (Wildman–Crippen LogP) is 1.76. The number of hydrogen-bond acceptors (Lipinski definition) is 4. The van der Waals surface area contributed by atoms with Crippen molar-refractivity contribution in [3.8, 4) is 0 Å². The van der Waals surface area contributed by atoms with Gasteiger partial charge in [0, 0.05) is 50.1 Å². The van der Waals surface area contributed by atoms with Crippen LogP contribution >= 0.6 is 11.6 Å². The van der Waals surface area contributed by atoms with Crippen LogP contribution in [0.3, 0.4) is 0 Å². The first kappa shape index (κ1) is 16.9. The van der Waals surface area contributed by atoms with E-state index in [2.05, 4.69) is 20.4 Å². The number of benzene rings is 1. The first-order valence-corrected chi connectivity index (χ1v) is 8.23. The highest BCUT2D eigenvalue weighted by Crippen LogP contribution is 2.21. The summed E-state index contributed by atoms with van der Waals surface area (Å²) in [4.78, 5) is 13.2. The van der Waals surface area contributed by atoms with Crippen LogP contribution in [0.1, 0.15) is 24.1 Å². The molecule has 1 aromatic carbocycles. The highest BCUT2D eigenvalue weighted by Gasteiger charge is 2.20. The zero-order chi connectivity index (χ0) is 17.1. The fraction of sp³-hybridized carbons (Fsp3) is 0.438. The fourth-order valence-electron chi connectivity index (χ4n) is 2.83. The Morgan fingerprint density at radius 3 is 2.92 bits per heavy atom. The van der Waals surface area contributed by atoms with Gasteiger partial charge in [-0.05, 0) is 12.1 Å². The monoisotopic (exact) mass is 351 g/mol. The molecule has 0 radical (unpaired) electrons. The highest BCUT2D eigenvalue weighted by molar-refractivity contribution is 6.31. The van der Waals surface area contributed by atoms with Gasteiger partial charge in [-0.15, -0.1) is 10.2 Å². The number of nitrogens with zero attached hydrogens (tertiary/aromatic N) is 4. The molecule has 6 nitrogen and oxygen atoms in total. The lowest BCUT2D eigenvalue weighted by atomic mass is 10.2. The summed E-state index contributed by atoms with van der Waals surface area (Å²) in [6, 6.07) is 4.75.